The Balaban J connectivity index is 1.25. The quantitative estimate of drug-likeness (QED) is 0.466. The summed E-state index contributed by atoms with van der Waals surface area (Å²) in [5.74, 6) is -0.893. The first-order valence-electron chi connectivity index (χ1n) is 11.3. The summed E-state index contributed by atoms with van der Waals surface area (Å²) in [5.41, 5.74) is 4.67. The topological polar surface area (TPSA) is 91.3 Å². The third kappa shape index (κ3) is 5.80. The standard InChI is InChI=1S/C24H30BN3O5/c1-17-21(7-6-20-16-33-25(31)23(17)20)24(30)26-13-22(29)32-15-19-5-3-4-18(12-19)14-28-10-8-27(2)9-11-28/h3-7,12,31H,8-11,13-16H2,1-2H3,(H,26,30). The second kappa shape index (κ2) is 10.5. The first-order chi connectivity index (χ1) is 15.9. The molecule has 0 spiro atoms. The summed E-state index contributed by atoms with van der Waals surface area (Å²) in [5, 5.41) is 12.6. The van der Waals surface area contributed by atoms with Crippen LogP contribution in [-0.4, -0.2) is 73.6 Å². The summed E-state index contributed by atoms with van der Waals surface area (Å²) in [7, 11) is 1.12. The third-order valence-electron chi connectivity index (χ3n) is 6.28. The molecule has 0 bridgehead atoms. The van der Waals surface area contributed by atoms with E-state index < -0.39 is 13.1 Å². The van der Waals surface area contributed by atoms with E-state index in [-0.39, 0.29) is 19.1 Å². The van der Waals surface area contributed by atoms with Crippen molar-refractivity contribution in [3.8, 4) is 0 Å². The van der Waals surface area contributed by atoms with Crippen molar-refractivity contribution in [2.24, 2.45) is 0 Å². The molecular formula is C24H30BN3O5. The second-order valence-electron chi connectivity index (χ2n) is 8.72. The minimum Gasteiger partial charge on any atom is -0.460 e. The number of amides is 1. The summed E-state index contributed by atoms with van der Waals surface area (Å²) in [6, 6.07) is 11.5. The number of nitrogens with one attached hydrogen (secondary N) is 1. The summed E-state index contributed by atoms with van der Waals surface area (Å²) in [6.07, 6.45) is 0. The average molecular weight is 451 g/mol. The van der Waals surface area contributed by atoms with Gasteiger partial charge in [0, 0.05) is 38.3 Å². The zero-order valence-corrected chi connectivity index (χ0v) is 19.2. The molecule has 1 fully saturated rings. The molecule has 174 valence electrons. The number of nitrogens with zero attached hydrogens (tertiary/aromatic N) is 2. The largest absolute Gasteiger partial charge is 0.492 e. The van der Waals surface area contributed by atoms with E-state index in [1.54, 1.807) is 19.1 Å². The van der Waals surface area contributed by atoms with Crippen LogP contribution in [0.3, 0.4) is 0 Å². The number of benzene rings is 2. The van der Waals surface area contributed by atoms with Crippen LogP contribution in [0.15, 0.2) is 36.4 Å². The molecule has 2 N–H and O–H groups in total. The van der Waals surface area contributed by atoms with E-state index in [1.807, 2.05) is 12.1 Å². The van der Waals surface area contributed by atoms with Gasteiger partial charge in [0.05, 0.1) is 6.61 Å². The molecule has 9 heteroatoms. The third-order valence-corrected chi connectivity index (χ3v) is 6.28. The molecule has 8 nitrogen and oxygen atoms in total. The number of hydrogen-bond donors (Lipinski definition) is 2. The zero-order chi connectivity index (χ0) is 23.4. The summed E-state index contributed by atoms with van der Waals surface area (Å²) in [4.78, 5) is 29.5. The van der Waals surface area contributed by atoms with E-state index >= 15 is 0 Å². The minimum atomic E-state index is -1.02. The number of rotatable bonds is 7. The highest BCUT2D eigenvalue weighted by Crippen LogP contribution is 2.16. The molecular weight excluding hydrogens is 421 g/mol. The Hall–Kier alpha value is -2.72. The minimum absolute atomic E-state index is 0.159. The number of piperazine rings is 1. The highest BCUT2D eigenvalue weighted by atomic mass is 16.5. The predicted molar refractivity (Wildman–Crippen MR) is 125 cm³/mol. The van der Waals surface area contributed by atoms with Gasteiger partial charge in [0.25, 0.3) is 5.91 Å². The average Bonchev–Trinajstić information content (AvgIpc) is 3.19. The Kier molecular flexibility index (Phi) is 7.44. The van der Waals surface area contributed by atoms with Gasteiger partial charge in [-0.15, -0.1) is 0 Å². The lowest BCUT2D eigenvalue weighted by molar-refractivity contribution is -0.143. The molecule has 1 saturated heterocycles. The fourth-order valence-corrected chi connectivity index (χ4v) is 4.30. The van der Waals surface area contributed by atoms with Gasteiger partial charge in [0.15, 0.2) is 0 Å². The van der Waals surface area contributed by atoms with Gasteiger partial charge in [-0.05, 0) is 47.8 Å². The van der Waals surface area contributed by atoms with Crippen LogP contribution in [0.4, 0.5) is 0 Å². The maximum absolute atomic E-state index is 12.6. The number of ether oxygens (including phenoxy) is 1. The molecule has 0 radical (unpaired) electrons. The Morgan fingerprint density at radius 3 is 2.70 bits per heavy atom. The molecule has 2 aromatic rings. The molecule has 33 heavy (non-hydrogen) atoms. The Morgan fingerprint density at radius 1 is 1.15 bits per heavy atom. The molecule has 1 amide bonds. The lowest BCUT2D eigenvalue weighted by Gasteiger charge is -2.32. The summed E-state index contributed by atoms with van der Waals surface area (Å²) >= 11 is 0. The Morgan fingerprint density at radius 2 is 1.91 bits per heavy atom. The van der Waals surface area contributed by atoms with Crippen LogP contribution in [0.2, 0.25) is 0 Å². The van der Waals surface area contributed by atoms with Crippen molar-refractivity contribution in [1.29, 1.82) is 0 Å². The SMILES string of the molecule is Cc1c(C(=O)NCC(=O)OCc2cccc(CN3CCN(C)CC3)c2)ccc2c1B(O)OC2. The number of hydrogen-bond acceptors (Lipinski definition) is 7. The molecule has 0 aromatic heterocycles. The first kappa shape index (κ1) is 23.4. The lowest BCUT2D eigenvalue weighted by Crippen LogP contribution is -2.43. The van der Waals surface area contributed by atoms with Crippen LogP contribution in [0, 0.1) is 6.92 Å². The monoisotopic (exact) mass is 451 g/mol. The second-order valence-corrected chi connectivity index (χ2v) is 8.72. The van der Waals surface area contributed by atoms with Gasteiger partial charge in [-0.3, -0.25) is 14.5 Å². The molecule has 2 heterocycles. The van der Waals surface area contributed by atoms with E-state index in [4.69, 9.17) is 9.39 Å². The molecule has 2 aromatic carbocycles. The van der Waals surface area contributed by atoms with E-state index in [0.29, 0.717) is 23.2 Å². The Bertz CT molecular complexity index is 1020. The maximum atomic E-state index is 12.6. The highest BCUT2D eigenvalue weighted by molar-refractivity contribution is 6.62. The smallest absolute Gasteiger partial charge is 0.460 e. The van der Waals surface area contributed by atoms with E-state index in [2.05, 4.69) is 34.3 Å². The summed E-state index contributed by atoms with van der Waals surface area (Å²) < 4.78 is 10.6. The van der Waals surface area contributed by atoms with E-state index in [1.165, 1.54) is 5.56 Å². The van der Waals surface area contributed by atoms with Crippen LogP contribution in [0.1, 0.15) is 32.6 Å². The van der Waals surface area contributed by atoms with Gasteiger partial charge < -0.3 is 24.6 Å². The lowest BCUT2D eigenvalue weighted by atomic mass is 9.75. The number of likely N-dealkylation sites (N-methyl/N-ethyl adjacent to an activating group) is 1. The van der Waals surface area contributed by atoms with Crippen molar-refractivity contribution in [3.05, 3.63) is 64.2 Å². The number of carbonyl (C=O) groups excluding carboxylic acids is 2. The van der Waals surface area contributed by atoms with Gasteiger partial charge in [-0.1, -0.05) is 30.3 Å². The fraction of sp³-hybridized carbons (Fsp3) is 0.417. The molecule has 2 aliphatic heterocycles. The molecule has 2 aliphatic rings. The van der Waals surface area contributed by atoms with Crippen molar-refractivity contribution in [1.82, 2.24) is 15.1 Å². The molecule has 0 saturated carbocycles. The van der Waals surface area contributed by atoms with Crippen molar-refractivity contribution in [3.63, 3.8) is 0 Å². The van der Waals surface area contributed by atoms with Gasteiger partial charge in [-0.2, -0.15) is 0 Å². The van der Waals surface area contributed by atoms with Gasteiger partial charge >= 0.3 is 13.1 Å². The van der Waals surface area contributed by atoms with Crippen LogP contribution < -0.4 is 10.8 Å². The van der Waals surface area contributed by atoms with Gasteiger partial charge in [-0.25, -0.2) is 0 Å². The number of carbonyl (C=O) groups is 2. The fourth-order valence-electron chi connectivity index (χ4n) is 4.30. The van der Waals surface area contributed by atoms with E-state index in [9.17, 15) is 14.6 Å². The van der Waals surface area contributed by atoms with Crippen molar-refractivity contribution >= 4 is 24.5 Å². The van der Waals surface area contributed by atoms with Gasteiger partial charge in [0.1, 0.15) is 13.2 Å². The van der Waals surface area contributed by atoms with Crippen LogP contribution in [0.25, 0.3) is 0 Å². The predicted octanol–water partition coefficient (Wildman–Crippen LogP) is 0.433. The number of esters is 1. The van der Waals surface area contributed by atoms with Crippen LogP contribution in [0.5, 0.6) is 0 Å². The van der Waals surface area contributed by atoms with Crippen molar-refractivity contribution in [2.45, 2.75) is 26.7 Å². The first-order valence-corrected chi connectivity index (χ1v) is 11.3. The van der Waals surface area contributed by atoms with E-state index in [0.717, 1.165) is 43.9 Å². The summed E-state index contributed by atoms with van der Waals surface area (Å²) in [6.45, 7) is 7.13. The normalized spacial score (nSPS) is 16.5. The van der Waals surface area contributed by atoms with Crippen LogP contribution >= 0.6 is 0 Å². The molecule has 0 unspecified atom stereocenters. The number of fused-ring (bicyclic) bond motifs is 1. The molecule has 0 aliphatic carbocycles. The van der Waals surface area contributed by atoms with Crippen LogP contribution in [-0.2, 0) is 33.9 Å². The van der Waals surface area contributed by atoms with Crippen molar-refractivity contribution < 1.29 is 24.0 Å². The highest BCUT2D eigenvalue weighted by Gasteiger charge is 2.31. The maximum Gasteiger partial charge on any atom is 0.492 e. The molecule has 4 rings (SSSR count). The van der Waals surface area contributed by atoms with Crippen molar-refractivity contribution in [2.75, 3.05) is 39.8 Å². The molecule has 0 atom stereocenters. The Labute approximate surface area is 194 Å². The van der Waals surface area contributed by atoms with Gasteiger partial charge in [0.2, 0.25) is 0 Å². The zero-order valence-electron chi connectivity index (χ0n) is 19.2.